The molecule has 0 aliphatic carbocycles. The number of esters is 3. The van der Waals surface area contributed by atoms with Crippen LogP contribution in [0.2, 0.25) is 0 Å². The van der Waals surface area contributed by atoms with Crippen LogP contribution in [0.3, 0.4) is 0 Å². The number of ether oxygens (including phenoxy) is 3. The molecule has 0 fully saturated rings. The van der Waals surface area contributed by atoms with E-state index in [0.717, 1.165) is 63.7 Å². The van der Waals surface area contributed by atoms with Crippen LogP contribution < -0.4 is 0 Å². The van der Waals surface area contributed by atoms with Gasteiger partial charge in [-0.15, -0.1) is 0 Å². The maximum atomic E-state index is 12.6. The zero-order chi connectivity index (χ0) is 35.3. The van der Waals surface area contributed by atoms with Gasteiger partial charge >= 0.3 is 17.9 Å². The van der Waals surface area contributed by atoms with Gasteiger partial charge < -0.3 is 14.2 Å². The first-order valence-electron chi connectivity index (χ1n) is 20.9. The summed E-state index contributed by atoms with van der Waals surface area (Å²) in [5.41, 5.74) is 0. The summed E-state index contributed by atoms with van der Waals surface area (Å²) in [5, 5.41) is 0. The summed E-state index contributed by atoms with van der Waals surface area (Å²) in [6.45, 7) is 8.88. The largest absolute Gasteiger partial charge is 0.462 e. The Bertz CT molecular complexity index is 721. The molecule has 0 rings (SSSR count). The predicted molar refractivity (Wildman–Crippen MR) is 201 cm³/mol. The van der Waals surface area contributed by atoms with Crippen LogP contribution in [0.15, 0.2) is 0 Å². The molecule has 0 N–H and O–H groups in total. The van der Waals surface area contributed by atoms with E-state index in [0.29, 0.717) is 19.3 Å². The van der Waals surface area contributed by atoms with E-state index in [-0.39, 0.29) is 31.1 Å². The minimum absolute atomic E-state index is 0.0652. The maximum absolute atomic E-state index is 12.6. The summed E-state index contributed by atoms with van der Waals surface area (Å²) in [6, 6.07) is 0. The molecule has 0 bridgehead atoms. The molecule has 1 atom stereocenters. The number of carbonyl (C=O) groups is 3. The first-order valence-corrected chi connectivity index (χ1v) is 20.9. The van der Waals surface area contributed by atoms with E-state index in [1.54, 1.807) is 0 Å². The average molecular weight is 681 g/mol. The lowest BCUT2D eigenvalue weighted by atomic mass is 10.0. The SMILES string of the molecule is CCCCCCCCCCCCCCC(=O)OC[C@@H](COC(=O)CCCCCCCCC(C)C)OC(=O)CCCCCCCCCCC. The van der Waals surface area contributed by atoms with E-state index in [1.807, 2.05) is 0 Å². The highest BCUT2D eigenvalue weighted by Crippen LogP contribution is 2.15. The van der Waals surface area contributed by atoms with Gasteiger partial charge in [-0.3, -0.25) is 14.4 Å². The van der Waals surface area contributed by atoms with E-state index in [4.69, 9.17) is 14.2 Å². The Morgan fingerprint density at radius 3 is 1.02 bits per heavy atom. The number of hydrogen-bond donors (Lipinski definition) is 0. The monoisotopic (exact) mass is 681 g/mol. The van der Waals surface area contributed by atoms with E-state index < -0.39 is 6.10 Å². The molecule has 0 radical (unpaired) electrons. The molecule has 0 saturated carbocycles. The van der Waals surface area contributed by atoms with Gasteiger partial charge in [0.15, 0.2) is 6.10 Å². The van der Waals surface area contributed by atoms with Crippen molar-refractivity contribution in [3.8, 4) is 0 Å². The van der Waals surface area contributed by atoms with Crippen molar-refractivity contribution < 1.29 is 28.6 Å². The van der Waals surface area contributed by atoms with Crippen molar-refractivity contribution in [2.75, 3.05) is 13.2 Å². The third-order valence-corrected chi connectivity index (χ3v) is 9.29. The third kappa shape index (κ3) is 35.7. The number of carbonyl (C=O) groups excluding carboxylic acids is 3. The van der Waals surface area contributed by atoms with Gasteiger partial charge in [-0.2, -0.15) is 0 Å². The molecule has 0 saturated heterocycles. The lowest BCUT2D eigenvalue weighted by Crippen LogP contribution is -2.30. The molecule has 0 aromatic rings. The zero-order valence-electron chi connectivity index (χ0n) is 32.4. The van der Waals surface area contributed by atoms with Gasteiger partial charge in [0, 0.05) is 19.3 Å². The van der Waals surface area contributed by atoms with E-state index in [9.17, 15) is 14.4 Å². The molecular formula is C42H80O6. The van der Waals surface area contributed by atoms with E-state index in [2.05, 4.69) is 27.7 Å². The Labute approximate surface area is 298 Å². The van der Waals surface area contributed by atoms with E-state index >= 15 is 0 Å². The van der Waals surface area contributed by atoms with Gasteiger partial charge in [0.05, 0.1) is 0 Å². The Balaban J connectivity index is 4.32. The number of unbranched alkanes of at least 4 members (excludes halogenated alkanes) is 24. The predicted octanol–water partition coefficient (Wildman–Crippen LogP) is 12.8. The molecule has 6 nitrogen and oxygen atoms in total. The maximum Gasteiger partial charge on any atom is 0.306 e. The van der Waals surface area contributed by atoms with Crippen molar-refractivity contribution in [3.63, 3.8) is 0 Å². The van der Waals surface area contributed by atoms with Gasteiger partial charge in [-0.25, -0.2) is 0 Å². The molecule has 6 heteroatoms. The zero-order valence-corrected chi connectivity index (χ0v) is 32.4. The molecule has 0 aromatic heterocycles. The van der Waals surface area contributed by atoms with Crippen LogP contribution in [0, 0.1) is 5.92 Å². The second-order valence-electron chi connectivity index (χ2n) is 14.7. The van der Waals surface area contributed by atoms with Crippen LogP contribution in [0.1, 0.15) is 227 Å². The van der Waals surface area contributed by atoms with Crippen LogP contribution in [-0.4, -0.2) is 37.2 Å². The lowest BCUT2D eigenvalue weighted by molar-refractivity contribution is -0.167. The van der Waals surface area contributed by atoms with Crippen molar-refractivity contribution in [1.29, 1.82) is 0 Å². The van der Waals surface area contributed by atoms with Crippen molar-refractivity contribution in [3.05, 3.63) is 0 Å². The van der Waals surface area contributed by atoms with Crippen molar-refractivity contribution in [2.45, 2.75) is 233 Å². The molecule has 48 heavy (non-hydrogen) atoms. The van der Waals surface area contributed by atoms with E-state index in [1.165, 1.54) is 122 Å². The highest BCUT2D eigenvalue weighted by atomic mass is 16.6. The second kappa shape index (κ2) is 36.7. The van der Waals surface area contributed by atoms with Gasteiger partial charge in [-0.1, -0.05) is 188 Å². The highest BCUT2D eigenvalue weighted by molar-refractivity contribution is 5.71. The number of hydrogen-bond acceptors (Lipinski definition) is 6. The summed E-state index contributed by atoms with van der Waals surface area (Å²) in [6.07, 6.45) is 33.8. The highest BCUT2D eigenvalue weighted by Gasteiger charge is 2.19. The fourth-order valence-corrected chi connectivity index (χ4v) is 6.10. The smallest absolute Gasteiger partial charge is 0.306 e. The summed E-state index contributed by atoms with van der Waals surface area (Å²) >= 11 is 0. The van der Waals surface area contributed by atoms with Crippen molar-refractivity contribution >= 4 is 17.9 Å². The Hall–Kier alpha value is -1.59. The van der Waals surface area contributed by atoms with Crippen molar-refractivity contribution in [1.82, 2.24) is 0 Å². The molecule has 0 aliphatic heterocycles. The molecule has 0 aromatic carbocycles. The number of rotatable bonds is 37. The van der Waals surface area contributed by atoms with Crippen LogP contribution in [0.25, 0.3) is 0 Å². The summed E-state index contributed by atoms with van der Waals surface area (Å²) < 4.78 is 16.6. The molecule has 0 heterocycles. The quantitative estimate of drug-likeness (QED) is 0.0369. The molecule has 0 aliphatic rings. The van der Waals surface area contributed by atoms with Crippen LogP contribution in [0.4, 0.5) is 0 Å². The second-order valence-corrected chi connectivity index (χ2v) is 14.7. The van der Waals surface area contributed by atoms with Gasteiger partial charge in [0.2, 0.25) is 0 Å². The molecule has 0 amide bonds. The standard InChI is InChI=1S/C42H80O6/c1-5-7-9-11-13-15-16-17-19-20-25-29-33-40(43)46-36-39(48-42(45)35-31-27-21-18-14-12-10-8-6-2)37-47-41(44)34-30-26-23-22-24-28-32-38(3)4/h38-39H,5-37H2,1-4H3/t39-/m0/s1. The topological polar surface area (TPSA) is 78.9 Å². The summed E-state index contributed by atoms with van der Waals surface area (Å²) in [5.74, 6) is -0.103. The van der Waals surface area contributed by atoms with Gasteiger partial charge in [-0.05, 0) is 25.2 Å². The molecule has 284 valence electrons. The summed E-state index contributed by atoms with van der Waals surface area (Å²) in [4.78, 5) is 37.4. The van der Waals surface area contributed by atoms with Crippen LogP contribution >= 0.6 is 0 Å². The fourth-order valence-electron chi connectivity index (χ4n) is 6.10. The molecule has 0 spiro atoms. The van der Waals surface area contributed by atoms with Crippen molar-refractivity contribution in [2.24, 2.45) is 5.92 Å². The average Bonchev–Trinajstić information content (AvgIpc) is 3.06. The first kappa shape index (κ1) is 46.4. The minimum atomic E-state index is -0.758. The Morgan fingerprint density at radius 2 is 0.688 bits per heavy atom. The summed E-state index contributed by atoms with van der Waals surface area (Å²) in [7, 11) is 0. The fraction of sp³-hybridized carbons (Fsp3) is 0.929. The minimum Gasteiger partial charge on any atom is -0.462 e. The third-order valence-electron chi connectivity index (χ3n) is 9.29. The van der Waals surface area contributed by atoms with Gasteiger partial charge in [0.25, 0.3) is 0 Å². The lowest BCUT2D eigenvalue weighted by Gasteiger charge is -2.18. The van der Waals surface area contributed by atoms with Crippen LogP contribution in [-0.2, 0) is 28.6 Å². The molecule has 0 unspecified atom stereocenters. The molecular weight excluding hydrogens is 600 g/mol. The first-order chi connectivity index (χ1) is 23.4. The van der Waals surface area contributed by atoms with Crippen LogP contribution in [0.5, 0.6) is 0 Å². The normalized spacial score (nSPS) is 11.9. The van der Waals surface area contributed by atoms with Gasteiger partial charge in [0.1, 0.15) is 13.2 Å². The Kier molecular flexibility index (Phi) is 35.5. The Morgan fingerprint density at radius 1 is 0.396 bits per heavy atom.